The average Bonchev–Trinajstić information content (AvgIpc) is 2.80. The Hall–Kier alpha value is -2.23. The molecule has 1 saturated heterocycles. The molecule has 1 aromatic carbocycles. The predicted octanol–water partition coefficient (Wildman–Crippen LogP) is 3.83. The lowest BCUT2D eigenvalue weighted by Gasteiger charge is -2.32. The largest absolute Gasteiger partial charge is 0.352 e. The summed E-state index contributed by atoms with van der Waals surface area (Å²) in [5, 5.41) is 3.36. The number of carbonyl (C=O) groups excluding carboxylic acids is 1. The van der Waals surface area contributed by atoms with Crippen LogP contribution >= 0.6 is 0 Å². The van der Waals surface area contributed by atoms with Crippen LogP contribution in [0.3, 0.4) is 0 Å². The number of amides is 1. The van der Waals surface area contributed by atoms with Gasteiger partial charge in [0, 0.05) is 49.2 Å². The molecule has 1 amide bonds. The molecule has 200 valence electrons. The van der Waals surface area contributed by atoms with E-state index in [1.54, 1.807) is 10.4 Å². The van der Waals surface area contributed by atoms with E-state index in [2.05, 4.69) is 42.9 Å². The van der Waals surface area contributed by atoms with Crippen molar-refractivity contribution in [1.29, 1.82) is 0 Å². The van der Waals surface area contributed by atoms with Crippen LogP contribution in [0, 0.1) is 11.8 Å². The summed E-state index contributed by atoms with van der Waals surface area (Å²) in [7, 11) is -3.70. The molecule has 2 heterocycles. The van der Waals surface area contributed by atoms with Crippen LogP contribution in [0.15, 0.2) is 34.0 Å². The second kappa shape index (κ2) is 12.3. The number of benzene rings is 1. The van der Waals surface area contributed by atoms with Gasteiger partial charge >= 0.3 is 0 Å². The van der Waals surface area contributed by atoms with Gasteiger partial charge in [0.05, 0.1) is 10.5 Å². The Balaban J connectivity index is 1.78. The van der Waals surface area contributed by atoms with Gasteiger partial charge < -0.3 is 15.2 Å². The normalized spacial score (nSPS) is 17.4. The summed E-state index contributed by atoms with van der Waals surface area (Å²) in [6.45, 7) is 14.6. The van der Waals surface area contributed by atoms with Gasteiger partial charge in [-0.15, -0.1) is 0 Å². The number of hydrogen-bond donors (Lipinski definition) is 2. The van der Waals surface area contributed by atoms with Gasteiger partial charge in [-0.2, -0.15) is 4.31 Å². The van der Waals surface area contributed by atoms with Gasteiger partial charge in [0.15, 0.2) is 0 Å². The molecule has 2 N–H and O–H groups in total. The highest BCUT2D eigenvalue weighted by atomic mass is 32.2. The molecule has 3 rings (SSSR count). The fourth-order valence-electron chi connectivity index (χ4n) is 5.04. The summed E-state index contributed by atoms with van der Waals surface area (Å²) < 4.78 is 28.3. The number of carbonyl (C=O) groups is 1. The van der Waals surface area contributed by atoms with Crippen LogP contribution in [0.25, 0.3) is 10.9 Å². The van der Waals surface area contributed by atoms with Gasteiger partial charge in [0.1, 0.15) is 0 Å². The Labute approximate surface area is 215 Å². The summed E-state index contributed by atoms with van der Waals surface area (Å²) in [6.07, 6.45) is 3.48. The fraction of sp³-hybridized carbons (Fsp3) is 0.630. The number of aromatic nitrogens is 1. The molecule has 0 bridgehead atoms. The first-order chi connectivity index (χ1) is 17.0. The molecule has 0 spiro atoms. The zero-order valence-corrected chi connectivity index (χ0v) is 23.2. The molecule has 8 nitrogen and oxygen atoms in total. The molecule has 1 fully saturated rings. The number of sulfonamides is 1. The van der Waals surface area contributed by atoms with Gasteiger partial charge in [-0.05, 0) is 62.8 Å². The van der Waals surface area contributed by atoms with E-state index in [-0.39, 0.29) is 22.4 Å². The number of fused-ring (bicyclic) bond motifs is 1. The summed E-state index contributed by atoms with van der Waals surface area (Å²) >= 11 is 0. The second-order valence-corrected chi connectivity index (χ2v) is 12.8. The number of piperidine rings is 1. The standard InChI is InChI=1S/C27H42N4O4S/c1-19(2)17-30(18-20(3)4)13-8-12-28-27(33)24-16-26(32)29-25-11-10-22(15-23(24)25)36(34,35)31-14-7-6-9-21(31)5/h10-11,15-16,19-21H,6-9,12-14,17-18H2,1-5H3,(H,28,33)(H,29,32)/t21-/m1/s1. The summed E-state index contributed by atoms with van der Waals surface area (Å²) in [4.78, 5) is 30.6. The predicted molar refractivity (Wildman–Crippen MR) is 145 cm³/mol. The quantitative estimate of drug-likeness (QED) is 0.440. The lowest BCUT2D eigenvalue weighted by molar-refractivity contribution is 0.0952. The van der Waals surface area contributed by atoms with Gasteiger partial charge in [-0.1, -0.05) is 34.1 Å². The van der Waals surface area contributed by atoms with E-state index in [0.29, 0.717) is 35.8 Å². The molecule has 0 aliphatic carbocycles. The molecule has 36 heavy (non-hydrogen) atoms. The Kier molecular flexibility index (Phi) is 9.72. The number of hydrogen-bond acceptors (Lipinski definition) is 5. The van der Waals surface area contributed by atoms with E-state index >= 15 is 0 Å². The van der Waals surface area contributed by atoms with E-state index in [9.17, 15) is 18.0 Å². The topological polar surface area (TPSA) is 103 Å². The van der Waals surface area contributed by atoms with Crippen LogP contribution in [-0.4, -0.2) is 67.3 Å². The van der Waals surface area contributed by atoms with E-state index < -0.39 is 15.6 Å². The van der Waals surface area contributed by atoms with Crippen molar-refractivity contribution in [3.05, 3.63) is 40.2 Å². The molecule has 0 saturated carbocycles. The van der Waals surface area contributed by atoms with Crippen LogP contribution < -0.4 is 10.9 Å². The minimum absolute atomic E-state index is 0.0660. The first-order valence-electron chi connectivity index (χ1n) is 13.2. The number of aromatic amines is 1. The number of pyridine rings is 1. The molecule has 0 unspecified atom stereocenters. The minimum Gasteiger partial charge on any atom is -0.352 e. The molecule has 1 aliphatic heterocycles. The van der Waals surface area contributed by atoms with Gasteiger partial charge in [0.2, 0.25) is 15.6 Å². The highest BCUT2D eigenvalue weighted by Gasteiger charge is 2.31. The Bertz CT molecular complexity index is 1200. The molecule has 1 aromatic heterocycles. The third-order valence-corrected chi connectivity index (χ3v) is 8.60. The van der Waals surface area contributed by atoms with E-state index in [4.69, 9.17) is 0 Å². The summed E-state index contributed by atoms with van der Waals surface area (Å²) in [5.74, 6) is 0.768. The van der Waals surface area contributed by atoms with Crippen LogP contribution in [0.5, 0.6) is 0 Å². The summed E-state index contributed by atoms with van der Waals surface area (Å²) in [5.41, 5.74) is 0.241. The first kappa shape index (κ1) is 28.3. The monoisotopic (exact) mass is 518 g/mol. The van der Waals surface area contributed by atoms with E-state index in [1.807, 2.05) is 6.92 Å². The lowest BCUT2D eigenvalue weighted by Crippen LogP contribution is -2.41. The Morgan fingerprint density at radius 2 is 1.83 bits per heavy atom. The van der Waals surface area contributed by atoms with Crippen LogP contribution in [0.4, 0.5) is 0 Å². The average molecular weight is 519 g/mol. The van der Waals surface area contributed by atoms with Crippen molar-refractivity contribution >= 4 is 26.8 Å². The van der Waals surface area contributed by atoms with Crippen LogP contribution in [0.1, 0.15) is 70.7 Å². The third kappa shape index (κ3) is 7.17. The fourth-order valence-corrected chi connectivity index (χ4v) is 6.76. The Morgan fingerprint density at radius 1 is 1.14 bits per heavy atom. The van der Waals surface area contributed by atoms with Crippen molar-refractivity contribution in [2.24, 2.45) is 11.8 Å². The van der Waals surface area contributed by atoms with Crippen molar-refractivity contribution in [1.82, 2.24) is 19.5 Å². The maximum atomic E-state index is 13.4. The molecule has 2 aromatic rings. The van der Waals surface area contributed by atoms with Crippen molar-refractivity contribution in [3.63, 3.8) is 0 Å². The van der Waals surface area contributed by atoms with Crippen molar-refractivity contribution < 1.29 is 13.2 Å². The maximum absolute atomic E-state index is 13.4. The molecular formula is C27H42N4O4S. The Morgan fingerprint density at radius 3 is 2.47 bits per heavy atom. The zero-order chi connectivity index (χ0) is 26.5. The van der Waals surface area contributed by atoms with Crippen molar-refractivity contribution in [2.75, 3.05) is 32.7 Å². The third-order valence-electron chi connectivity index (χ3n) is 6.59. The molecule has 0 radical (unpaired) electrons. The van der Waals surface area contributed by atoms with E-state index in [1.165, 1.54) is 18.2 Å². The number of nitrogens with one attached hydrogen (secondary N) is 2. The van der Waals surface area contributed by atoms with Crippen molar-refractivity contribution in [2.45, 2.75) is 71.2 Å². The minimum atomic E-state index is -3.70. The van der Waals surface area contributed by atoms with Crippen LogP contribution in [-0.2, 0) is 10.0 Å². The van der Waals surface area contributed by atoms with Gasteiger partial charge in [0.25, 0.3) is 5.91 Å². The lowest BCUT2D eigenvalue weighted by atomic mass is 10.1. The van der Waals surface area contributed by atoms with Crippen molar-refractivity contribution in [3.8, 4) is 0 Å². The SMILES string of the molecule is CC(C)CN(CCCNC(=O)c1cc(=O)[nH]c2ccc(S(=O)(=O)N3CCCC[C@H]3C)cc12)CC(C)C. The maximum Gasteiger partial charge on any atom is 0.252 e. The summed E-state index contributed by atoms with van der Waals surface area (Å²) in [6, 6.07) is 5.79. The van der Waals surface area contributed by atoms with Gasteiger partial charge in [-0.25, -0.2) is 8.42 Å². The first-order valence-corrected chi connectivity index (χ1v) is 14.6. The highest BCUT2D eigenvalue weighted by molar-refractivity contribution is 7.89. The number of nitrogens with zero attached hydrogens (tertiary/aromatic N) is 2. The van der Waals surface area contributed by atoms with Crippen LogP contribution in [0.2, 0.25) is 0 Å². The van der Waals surface area contributed by atoms with Gasteiger partial charge in [-0.3, -0.25) is 9.59 Å². The smallest absolute Gasteiger partial charge is 0.252 e. The second-order valence-electron chi connectivity index (χ2n) is 10.9. The highest BCUT2D eigenvalue weighted by Crippen LogP contribution is 2.27. The molecule has 9 heteroatoms. The molecular weight excluding hydrogens is 476 g/mol. The molecule has 1 aliphatic rings. The number of H-pyrrole nitrogens is 1. The number of rotatable bonds is 11. The molecule has 1 atom stereocenters. The zero-order valence-electron chi connectivity index (χ0n) is 22.3. The van der Waals surface area contributed by atoms with E-state index in [0.717, 1.165) is 45.3 Å².